The zero-order valence-electron chi connectivity index (χ0n) is 8.88. The Morgan fingerprint density at radius 2 is 2.24 bits per heavy atom. The van der Waals surface area contributed by atoms with Crippen molar-refractivity contribution < 1.29 is 14.8 Å². The molecule has 0 spiro atoms. The molecule has 1 aliphatic rings. The van der Waals surface area contributed by atoms with Gasteiger partial charge in [-0.3, -0.25) is 10.1 Å². The number of rotatable bonds is 4. The quantitative estimate of drug-likeness (QED) is 0.630. The molecule has 1 aromatic rings. The van der Waals surface area contributed by atoms with Gasteiger partial charge in [0.05, 0.1) is 4.92 Å². The lowest BCUT2D eigenvalue weighted by Crippen LogP contribution is -2.43. The van der Waals surface area contributed by atoms with Crippen molar-refractivity contribution in [3.8, 4) is 0 Å². The number of nitro groups is 1. The number of aliphatic carboxylic acids is 1. The monoisotopic (exact) mass is 257 g/mol. The molecule has 0 amide bonds. The zero-order valence-corrected chi connectivity index (χ0v) is 9.70. The van der Waals surface area contributed by atoms with Crippen molar-refractivity contribution in [3.05, 3.63) is 16.3 Å². The number of nitrogens with zero attached hydrogens (tertiary/aromatic N) is 2. The molecule has 0 aromatic carbocycles. The van der Waals surface area contributed by atoms with Gasteiger partial charge in [-0.25, -0.2) is 9.78 Å². The van der Waals surface area contributed by atoms with Crippen molar-refractivity contribution in [2.75, 3.05) is 5.32 Å². The smallest absolute Gasteiger partial charge is 0.345 e. The van der Waals surface area contributed by atoms with Crippen molar-refractivity contribution in [2.24, 2.45) is 0 Å². The molecule has 17 heavy (non-hydrogen) atoms. The Hall–Kier alpha value is -1.70. The maximum absolute atomic E-state index is 11.2. The van der Waals surface area contributed by atoms with Crippen LogP contribution in [0.5, 0.6) is 0 Å². The highest BCUT2D eigenvalue weighted by molar-refractivity contribution is 7.18. The number of nitrogens with one attached hydrogen (secondary N) is 1. The van der Waals surface area contributed by atoms with Crippen LogP contribution in [0.3, 0.4) is 0 Å². The van der Waals surface area contributed by atoms with E-state index in [2.05, 4.69) is 10.3 Å². The molecule has 92 valence electrons. The normalized spacial score (nSPS) is 17.9. The number of hydrogen-bond donors (Lipinski definition) is 2. The van der Waals surface area contributed by atoms with Gasteiger partial charge in [-0.15, -0.1) is 0 Å². The number of carboxylic acid groups (broad SMARTS) is 1. The van der Waals surface area contributed by atoms with Gasteiger partial charge in [0.2, 0.25) is 0 Å². The standard InChI is InChI=1S/C9H11N3O4S/c13-7(14)9(3-1-2-4-9)11-8-10-5-6(17-8)12(15)16/h5H,1-4H2,(H,10,11)(H,13,14). The summed E-state index contributed by atoms with van der Waals surface area (Å²) in [7, 11) is 0. The molecular weight excluding hydrogens is 246 g/mol. The number of carboxylic acids is 1. The average Bonchev–Trinajstić information content (AvgIpc) is 2.88. The molecule has 0 unspecified atom stereocenters. The van der Waals surface area contributed by atoms with Crippen LogP contribution in [0.1, 0.15) is 25.7 Å². The largest absolute Gasteiger partial charge is 0.480 e. The molecule has 0 bridgehead atoms. The molecule has 0 aliphatic heterocycles. The summed E-state index contributed by atoms with van der Waals surface area (Å²) in [6.07, 6.45) is 3.86. The first-order valence-corrected chi connectivity index (χ1v) is 5.97. The molecule has 1 heterocycles. The second kappa shape index (κ2) is 4.28. The minimum Gasteiger partial charge on any atom is -0.480 e. The van der Waals surface area contributed by atoms with Crippen molar-refractivity contribution in [1.29, 1.82) is 0 Å². The molecular formula is C9H11N3O4S. The van der Waals surface area contributed by atoms with Crippen LogP contribution in [0.25, 0.3) is 0 Å². The van der Waals surface area contributed by atoms with Gasteiger partial charge in [0.15, 0.2) is 5.13 Å². The highest BCUT2D eigenvalue weighted by Gasteiger charge is 2.42. The lowest BCUT2D eigenvalue weighted by molar-refractivity contribution is -0.380. The van der Waals surface area contributed by atoms with Crippen LogP contribution in [0.2, 0.25) is 0 Å². The molecule has 0 radical (unpaired) electrons. The Morgan fingerprint density at radius 3 is 2.71 bits per heavy atom. The summed E-state index contributed by atoms with van der Waals surface area (Å²) in [6, 6.07) is 0. The molecule has 2 N–H and O–H groups in total. The fourth-order valence-electron chi connectivity index (χ4n) is 1.98. The van der Waals surface area contributed by atoms with E-state index in [9.17, 15) is 20.0 Å². The molecule has 1 aliphatic carbocycles. The molecule has 2 rings (SSSR count). The molecule has 0 saturated heterocycles. The van der Waals surface area contributed by atoms with E-state index in [1.807, 2.05) is 0 Å². The van der Waals surface area contributed by atoms with E-state index in [0.29, 0.717) is 18.0 Å². The summed E-state index contributed by atoms with van der Waals surface area (Å²) < 4.78 is 0. The summed E-state index contributed by atoms with van der Waals surface area (Å²) in [5, 5.41) is 22.8. The Kier molecular flexibility index (Phi) is 2.97. The van der Waals surface area contributed by atoms with Gasteiger partial charge in [-0.2, -0.15) is 0 Å². The highest BCUT2D eigenvalue weighted by Crippen LogP contribution is 2.35. The van der Waals surface area contributed by atoms with Crippen LogP contribution in [0.4, 0.5) is 10.1 Å². The van der Waals surface area contributed by atoms with E-state index in [0.717, 1.165) is 30.4 Å². The fraction of sp³-hybridized carbons (Fsp3) is 0.556. The third kappa shape index (κ3) is 2.21. The first kappa shape index (κ1) is 11.8. The van der Waals surface area contributed by atoms with Crippen molar-refractivity contribution in [2.45, 2.75) is 31.2 Å². The van der Waals surface area contributed by atoms with E-state index in [4.69, 9.17) is 0 Å². The molecule has 8 heteroatoms. The topological polar surface area (TPSA) is 105 Å². The molecule has 7 nitrogen and oxygen atoms in total. The number of thiazole rings is 1. The van der Waals surface area contributed by atoms with E-state index >= 15 is 0 Å². The molecule has 0 atom stereocenters. The van der Waals surface area contributed by atoms with Gasteiger partial charge < -0.3 is 10.4 Å². The van der Waals surface area contributed by atoms with Crippen molar-refractivity contribution in [1.82, 2.24) is 4.98 Å². The van der Waals surface area contributed by atoms with Crippen LogP contribution in [0, 0.1) is 10.1 Å². The van der Waals surface area contributed by atoms with E-state index in [1.165, 1.54) is 0 Å². The third-order valence-corrected chi connectivity index (χ3v) is 3.75. The Bertz CT molecular complexity index is 453. The molecule has 1 aromatic heterocycles. The number of hydrogen-bond acceptors (Lipinski definition) is 6. The second-order valence-corrected chi connectivity index (χ2v) is 4.99. The first-order valence-electron chi connectivity index (χ1n) is 5.15. The molecule has 1 fully saturated rings. The van der Waals surface area contributed by atoms with Crippen molar-refractivity contribution >= 4 is 27.4 Å². The Labute approximate surface area is 101 Å². The summed E-state index contributed by atoms with van der Waals surface area (Å²) in [5.41, 5.74) is -1.01. The predicted octanol–water partition coefficient (Wildman–Crippen LogP) is 1.86. The van der Waals surface area contributed by atoms with Crippen LogP contribution in [-0.4, -0.2) is 26.5 Å². The summed E-state index contributed by atoms with van der Waals surface area (Å²) in [5.74, 6) is -0.923. The maximum Gasteiger partial charge on any atom is 0.345 e. The Morgan fingerprint density at radius 1 is 1.59 bits per heavy atom. The SMILES string of the molecule is O=C(O)C1(Nc2ncc([N+](=O)[O-])s2)CCCC1. The van der Waals surface area contributed by atoms with Gasteiger partial charge in [0.25, 0.3) is 0 Å². The Balaban J connectivity index is 2.18. The van der Waals surface area contributed by atoms with Gasteiger partial charge in [0.1, 0.15) is 11.7 Å². The van der Waals surface area contributed by atoms with Gasteiger partial charge in [-0.1, -0.05) is 12.8 Å². The minimum atomic E-state index is -1.01. The second-order valence-electron chi connectivity index (χ2n) is 3.98. The van der Waals surface area contributed by atoms with E-state index in [-0.39, 0.29) is 5.00 Å². The predicted molar refractivity (Wildman–Crippen MR) is 61.2 cm³/mol. The summed E-state index contributed by atoms with van der Waals surface area (Å²) >= 11 is 0.859. The number of anilines is 1. The van der Waals surface area contributed by atoms with Crippen molar-refractivity contribution in [3.63, 3.8) is 0 Å². The van der Waals surface area contributed by atoms with Crippen LogP contribution < -0.4 is 5.32 Å². The van der Waals surface area contributed by atoms with Gasteiger partial charge >= 0.3 is 11.0 Å². The third-order valence-electron chi connectivity index (χ3n) is 2.89. The van der Waals surface area contributed by atoms with Crippen LogP contribution >= 0.6 is 11.3 Å². The lowest BCUT2D eigenvalue weighted by Gasteiger charge is -2.24. The molecule has 1 saturated carbocycles. The minimum absolute atomic E-state index is 0.0916. The van der Waals surface area contributed by atoms with E-state index in [1.54, 1.807) is 0 Å². The highest BCUT2D eigenvalue weighted by atomic mass is 32.1. The lowest BCUT2D eigenvalue weighted by atomic mass is 9.98. The van der Waals surface area contributed by atoms with Crippen LogP contribution in [0.15, 0.2) is 6.20 Å². The number of carbonyl (C=O) groups is 1. The average molecular weight is 257 g/mol. The fourth-order valence-corrected chi connectivity index (χ4v) is 2.71. The zero-order chi connectivity index (χ0) is 12.5. The maximum atomic E-state index is 11.2. The summed E-state index contributed by atoms with van der Waals surface area (Å²) in [6.45, 7) is 0. The van der Waals surface area contributed by atoms with E-state index < -0.39 is 16.4 Å². The van der Waals surface area contributed by atoms with Gasteiger partial charge in [-0.05, 0) is 24.2 Å². The first-order chi connectivity index (χ1) is 8.03. The number of aromatic nitrogens is 1. The summed E-state index contributed by atoms with van der Waals surface area (Å²) in [4.78, 5) is 25.0. The van der Waals surface area contributed by atoms with Gasteiger partial charge in [0, 0.05) is 0 Å². The van der Waals surface area contributed by atoms with Crippen LogP contribution in [-0.2, 0) is 4.79 Å².